The zero-order valence-electron chi connectivity index (χ0n) is 19.8. The van der Waals surface area contributed by atoms with Crippen LogP contribution < -0.4 is 4.74 Å². The second-order valence-corrected chi connectivity index (χ2v) is 9.42. The summed E-state index contributed by atoms with van der Waals surface area (Å²) < 4.78 is 6.07. The Hall–Kier alpha value is -1.90. The molecule has 0 spiro atoms. The van der Waals surface area contributed by atoms with Gasteiger partial charge in [-0.3, -0.25) is 0 Å². The number of hydrogen-bond donors (Lipinski definition) is 0. The molecular weight excluding hydrogens is 380 g/mol. The van der Waals surface area contributed by atoms with Crippen molar-refractivity contribution in [1.29, 1.82) is 0 Å². The molecule has 1 aliphatic carbocycles. The molecule has 0 saturated heterocycles. The zero-order chi connectivity index (χ0) is 21.7. The van der Waals surface area contributed by atoms with Crippen molar-refractivity contribution in [1.82, 2.24) is 9.97 Å². The standard InChI is InChI=1S/C28H42N2O/c1-3-5-6-7-8-9-10-11-25-20-29-28(30-21-25)26-16-18-27(19-17-26)31-22-24-14-12-23(4-2)13-15-24/h16-21,23-24H,3-15,22H2,1-2H3/t23-,24-. The third-order valence-corrected chi connectivity index (χ3v) is 6.92. The van der Waals surface area contributed by atoms with Crippen LogP contribution in [0.4, 0.5) is 0 Å². The minimum atomic E-state index is 0.717. The topological polar surface area (TPSA) is 35.0 Å². The molecule has 170 valence electrons. The molecule has 1 saturated carbocycles. The van der Waals surface area contributed by atoms with Crippen LogP contribution in [0, 0.1) is 11.8 Å². The molecule has 3 rings (SSSR count). The molecule has 3 heteroatoms. The monoisotopic (exact) mass is 422 g/mol. The molecule has 1 aromatic heterocycles. The first-order chi connectivity index (χ1) is 15.3. The van der Waals surface area contributed by atoms with Gasteiger partial charge < -0.3 is 4.74 Å². The van der Waals surface area contributed by atoms with E-state index in [9.17, 15) is 0 Å². The van der Waals surface area contributed by atoms with E-state index in [-0.39, 0.29) is 0 Å². The summed E-state index contributed by atoms with van der Waals surface area (Å²) in [6.45, 7) is 5.43. The quantitative estimate of drug-likeness (QED) is 0.306. The smallest absolute Gasteiger partial charge is 0.159 e. The maximum absolute atomic E-state index is 6.07. The Morgan fingerprint density at radius 2 is 1.39 bits per heavy atom. The maximum atomic E-state index is 6.07. The van der Waals surface area contributed by atoms with Crippen LogP contribution in [-0.2, 0) is 6.42 Å². The fourth-order valence-corrected chi connectivity index (χ4v) is 4.64. The van der Waals surface area contributed by atoms with Crippen LogP contribution in [0.15, 0.2) is 36.7 Å². The van der Waals surface area contributed by atoms with Gasteiger partial charge in [0.05, 0.1) is 6.61 Å². The SMILES string of the molecule is CCCCCCCCCc1cnc(-c2ccc(OC[C@H]3CC[C@H](CC)CC3)cc2)nc1. The number of hydrogen-bond acceptors (Lipinski definition) is 3. The number of ether oxygens (including phenoxy) is 1. The summed E-state index contributed by atoms with van der Waals surface area (Å²) in [5.41, 5.74) is 2.30. The van der Waals surface area contributed by atoms with E-state index in [2.05, 4.69) is 48.1 Å². The highest BCUT2D eigenvalue weighted by molar-refractivity contribution is 5.55. The second-order valence-electron chi connectivity index (χ2n) is 9.42. The van der Waals surface area contributed by atoms with Crippen LogP contribution >= 0.6 is 0 Å². The number of benzene rings is 1. The minimum absolute atomic E-state index is 0.717. The second kappa shape index (κ2) is 13.5. The Morgan fingerprint density at radius 1 is 0.774 bits per heavy atom. The van der Waals surface area contributed by atoms with E-state index in [1.54, 1.807) is 0 Å². The van der Waals surface area contributed by atoms with E-state index in [4.69, 9.17) is 4.74 Å². The number of aromatic nitrogens is 2. The third kappa shape index (κ3) is 8.27. The Kier molecular flexibility index (Phi) is 10.3. The highest BCUT2D eigenvalue weighted by Crippen LogP contribution is 2.31. The molecule has 1 fully saturated rings. The molecule has 0 aliphatic heterocycles. The van der Waals surface area contributed by atoms with Gasteiger partial charge in [-0.15, -0.1) is 0 Å². The molecule has 1 aromatic carbocycles. The van der Waals surface area contributed by atoms with Gasteiger partial charge in [-0.1, -0.05) is 71.6 Å². The Balaban J connectivity index is 1.38. The molecule has 0 atom stereocenters. The van der Waals surface area contributed by atoms with Crippen molar-refractivity contribution in [2.45, 2.75) is 97.3 Å². The first-order valence-corrected chi connectivity index (χ1v) is 12.8. The summed E-state index contributed by atoms with van der Waals surface area (Å²) in [6.07, 6.45) is 21.1. The summed E-state index contributed by atoms with van der Waals surface area (Å²) in [4.78, 5) is 9.20. The fraction of sp³-hybridized carbons (Fsp3) is 0.643. The number of nitrogens with zero attached hydrogens (tertiary/aromatic N) is 2. The van der Waals surface area contributed by atoms with Gasteiger partial charge in [0.25, 0.3) is 0 Å². The Morgan fingerprint density at radius 3 is 2.03 bits per heavy atom. The minimum Gasteiger partial charge on any atom is -0.493 e. The van der Waals surface area contributed by atoms with E-state index < -0.39 is 0 Å². The molecule has 0 unspecified atom stereocenters. The molecular formula is C28H42N2O. The van der Waals surface area contributed by atoms with Crippen molar-refractivity contribution in [3.63, 3.8) is 0 Å². The Labute approximate surface area is 190 Å². The predicted molar refractivity (Wildman–Crippen MR) is 130 cm³/mol. The van der Waals surface area contributed by atoms with Gasteiger partial charge >= 0.3 is 0 Å². The van der Waals surface area contributed by atoms with Crippen LogP contribution in [0.2, 0.25) is 0 Å². The van der Waals surface area contributed by atoms with Gasteiger partial charge in [0.1, 0.15) is 5.75 Å². The number of unbranched alkanes of at least 4 members (excludes halogenated alkanes) is 6. The zero-order valence-corrected chi connectivity index (χ0v) is 19.8. The van der Waals surface area contributed by atoms with Gasteiger partial charge in [0, 0.05) is 18.0 Å². The highest BCUT2D eigenvalue weighted by Gasteiger charge is 2.20. The van der Waals surface area contributed by atoms with Crippen LogP contribution in [0.5, 0.6) is 5.75 Å². The molecule has 1 aliphatic rings. The lowest BCUT2D eigenvalue weighted by Crippen LogP contribution is -2.19. The van der Waals surface area contributed by atoms with Crippen LogP contribution in [0.3, 0.4) is 0 Å². The molecule has 3 nitrogen and oxygen atoms in total. The molecule has 0 N–H and O–H groups in total. The largest absolute Gasteiger partial charge is 0.493 e. The van der Waals surface area contributed by atoms with Crippen molar-refractivity contribution < 1.29 is 4.74 Å². The van der Waals surface area contributed by atoms with E-state index >= 15 is 0 Å². The summed E-state index contributed by atoms with van der Waals surface area (Å²) in [7, 11) is 0. The fourth-order valence-electron chi connectivity index (χ4n) is 4.64. The van der Waals surface area contributed by atoms with Gasteiger partial charge in [-0.2, -0.15) is 0 Å². The summed E-state index contributed by atoms with van der Waals surface area (Å²) in [5.74, 6) is 3.41. The number of aryl methyl sites for hydroxylation is 1. The molecule has 2 aromatic rings. The lowest BCUT2D eigenvalue weighted by Gasteiger charge is -2.27. The first-order valence-electron chi connectivity index (χ1n) is 12.8. The first kappa shape index (κ1) is 23.8. The predicted octanol–water partition coefficient (Wildman–Crippen LogP) is 8.03. The summed E-state index contributed by atoms with van der Waals surface area (Å²) in [5, 5.41) is 0. The lowest BCUT2D eigenvalue weighted by atomic mass is 9.81. The van der Waals surface area contributed by atoms with Crippen molar-refractivity contribution in [2.75, 3.05) is 6.61 Å². The van der Waals surface area contributed by atoms with E-state index in [1.165, 1.54) is 82.6 Å². The molecule has 0 bridgehead atoms. The van der Waals surface area contributed by atoms with Crippen molar-refractivity contribution in [2.24, 2.45) is 11.8 Å². The average Bonchev–Trinajstić information content (AvgIpc) is 2.83. The molecule has 1 heterocycles. The van der Waals surface area contributed by atoms with Crippen LogP contribution in [0.1, 0.15) is 96.5 Å². The van der Waals surface area contributed by atoms with Crippen LogP contribution in [-0.4, -0.2) is 16.6 Å². The van der Waals surface area contributed by atoms with Crippen molar-refractivity contribution in [3.05, 3.63) is 42.2 Å². The van der Waals surface area contributed by atoms with Crippen molar-refractivity contribution >= 4 is 0 Å². The normalized spacial score (nSPS) is 18.8. The summed E-state index contributed by atoms with van der Waals surface area (Å²) >= 11 is 0. The molecule has 0 amide bonds. The van der Waals surface area contributed by atoms with E-state index in [1.807, 2.05) is 12.4 Å². The van der Waals surface area contributed by atoms with Gasteiger partial charge in [0.15, 0.2) is 5.82 Å². The van der Waals surface area contributed by atoms with E-state index in [0.29, 0.717) is 0 Å². The van der Waals surface area contributed by atoms with Gasteiger partial charge in [0.2, 0.25) is 0 Å². The maximum Gasteiger partial charge on any atom is 0.159 e. The van der Waals surface area contributed by atoms with Crippen molar-refractivity contribution in [3.8, 4) is 17.1 Å². The molecule has 31 heavy (non-hydrogen) atoms. The summed E-state index contributed by atoms with van der Waals surface area (Å²) in [6, 6.07) is 8.27. The average molecular weight is 423 g/mol. The lowest BCUT2D eigenvalue weighted by molar-refractivity contribution is 0.181. The van der Waals surface area contributed by atoms with E-state index in [0.717, 1.165) is 42.0 Å². The highest BCUT2D eigenvalue weighted by atomic mass is 16.5. The third-order valence-electron chi connectivity index (χ3n) is 6.92. The van der Waals surface area contributed by atoms with Gasteiger partial charge in [-0.25, -0.2) is 9.97 Å². The molecule has 0 radical (unpaired) electrons. The number of rotatable bonds is 13. The van der Waals surface area contributed by atoms with Gasteiger partial charge in [-0.05, 0) is 67.3 Å². The Bertz CT molecular complexity index is 718. The van der Waals surface area contributed by atoms with Crippen LogP contribution in [0.25, 0.3) is 11.4 Å².